The van der Waals surface area contributed by atoms with Crippen molar-refractivity contribution in [3.05, 3.63) is 0 Å². The van der Waals surface area contributed by atoms with Gasteiger partial charge in [0.2, 0.25) is 0 Å². The first-order valence-electron chi connectivity index (χ1n) is 3.48. The minimum absolute atomic E-state index is 0.443. The molecule has 0 aliphatic carbocycles. The lowest BCUT2D eigenvalue weighted by Crippen LogP contribution is -2.29. The Morgan fingerprint density at radius 3 is 2.00 bits per heavy atom. The normalized spacial score (nSPS) is 45.0. The zero-order valence-electron chi connectivity index (χ0n) is 5.93. The van der Waals surface area contributed by atoms with Crippen LogP contribution in [-0.2, 0) is 4.74 Å². The van der Waals surface area contributed by atoms with Crippen molar-refractivity contribution in [1.82, 2.24) is 0 Å². The third-order valence-corrected chi connectivity index (χ3v) is 2.39. The molecule has 2 heteroatoms. The van der Waals surface area contributed by atoms with Gasteiger partial charge in [0.05, 0.1) is 12.2 Å². The summed E-state index contributed by atoms with van der Waals surface area (Å²) in [4.78, 5) is 0.677. The zero-order chi connectivity index (χ0) is 6.85. The molecule has 1 nitrogen and oxygen atoms in total. The van der Waals surface area contributed by atoms with Crippen molar-refractivity contribution in [3.8, 4) is 0 Å². The predicted molar refractivity (Wildman–Crippen MR) is 42.0 cm³/mol. The summed E-state index contributed by atoms with van der Waals surface area (Å²) in [7, 11) is 0. The van der Waals surface area contributed by atoms with E-state index in [1.54, 1.807) is 0 Å². The molecule has 1 saturated heterocycles. The quantitative estimate of drug-likeness (QED) is 0.536. The van der Waals surface area contributed by atoms with Crippen molar-refractivity contribution in [2.24, 2.45) is 0 Å². The summed E-state index contributed by atoms with van der Waals surface area (Å²) in [5, 5.41) is 0. The van der Waals surface area contributed by atoms with E-state index in [1.165, 1.54) is 0 Å². The Balaban J connectivity index is 2.34. The van der Waals surface area contributed by atoms with Crippen LogP contribution in [0.15, 0.2) is 0 Å². The Morgan fingerprint density at radius 2 is 1.67 bits per heavy atom. The predicted octanol–water partition coefficient (Wildman–Crippen LogP) is 2.34. The van der Waals surface area contributed by atoms with E-state index in [4.69, 9.17) is 4.74 Å². The standard InChI is InChI=1S/C7H13BrO/c1-5-3-7(8)4-6(2)9-5/h5-7H,3-4H2,1-2H3/t5-,6+,7?. The van der Waals surface area contributed by atoms with E-state index in [1.807, 2.05) is 0 Å². The summed E-state index contributed by atoms with van der Waals surface area (Å²) >= 11 is 3.59. The van der Waals surface area contributed by atoms with E-state index in [2.05, 4.69) is 29.8 Å². The lowest BCUT2D eigenvalue weighted by molar-refractivity contribution is -0.0257. The number of rotatable bonds is 0. The van der Waals surface area contributed by atoms with Crippen LogP contribution in [0.5, 0.6) is 0 Å². The smallest absolute Gasteiger partial charge is 0.0561 e. The van der Waals surface area contributed by atoms with Crippen molar-refractivity contribution in [1.29, 1.82) is 0 Å². The van der Waals surface area contributed by atoms with Crippen molar-refractivity contribution in [3.63, 3.8) is 0 Å². The molecule has 1 aliphatic rings. The molecule has 0 saturated carbocycles. The average Bonchev–Trinajstić information content (AvgIpc) is 1.59. The maximum absolute atomic E-state index is 5.53. The Bertz CT molecular complexity index is 69.9. The van der Waals surface area contributed by atoms with Crippen molar-refractivity contribution in [2.75, 3.05) is 0 Å². The van der Waals surface area contributed by atoms with E-state index in [9.17, 15) is 0 Å². The van der Waals surface area contributed by atoms with Gasteiger partial charge in [-0.1, -0.05) is 15.9 Å². The van der Waals surface area contributed by atoms with Crippen LogP contribution >= 0.6 is 15.9 Å². The van der Waals surface area contributed by atoms with Crippen LogP contribution in [0.25, 0.3) is 0 Å². The van der Waals surface area contributed by atoms with E-state index < -0.39 is 0 Å². The molecular weight excluding hydrogens is 180 g/mol. The van der Waals surface area contributed by atoms with Crippen LogP contribution < -0.4 is 0 Å². The van der Waals surface area contributed by atoms with Crippen molar-refractivity contribution in [2.45, 2.75) is 43.7 Å². The van der Waals surface area contributed by atoms with Gasteiger partial charge < -0.3 is 4.74 Å². The molecule has 0 aromatic heterocycles. The average molecular weight is 193 g/mol. The Morgan fingerprint density at radius 1 is 1.22 bits per heavy atom. The molecule has 1 fully saturated rings. The Hall–Kier alpha value is 0.440. The Labute approximate surface area is 64.9 Å². The number of alkyl halides is 1. The van der Waals surface area contributed by atoms with Crippen LogP contribution in [0.2, 0.25) is 0 Å². The summed E-state index contributed by atoms with van der Waals surface area (Å²) in [5.41, 5.74) is 0. The summed E-state index contributed by atoms with van der Waals surface area (Å²) in [6.07, 6.45) is 3.20. The van der Waals surface area contributed by atoms with Crippen LogP contribution in [-0.4, -0.2) is 17.0 Å². The molecule has 0 aromatic rings. The summed E-state index contributed by atoms with van der Waals surface area (Å²) in [6.45, 7) is 4.26. The maximum atomic E-state index is 5.53. The lowest BCUT2D eigenvalue weighted by Gasteiger charge is -2.28. The highest BCUT2D eigenvalue weighted by Gasteiger charge is 2.21. The highest BCUT2D eigenvalue weighted by Crippen LogP contribution is 2.24. The third kappa shape index (κ3) is 2.26. The largest absolute Gasteiger partial charge is 0.375 e. The molecule has 1 unspecified atom stereocenters. The SMILES string of the molecule is C[C@@H]1CC(Br)C[C@H](C)O1. The van der Waals surface area contributed by atoms with Gasteiger partial charge in [0.1, 0.15) is 0 Å². The monoisotopic (exact) mass is 192 g/mol. The molecule has 9 heavy (non-hydrogen) atoms. The minimum Gasteiger partial charge on any atom is -0.375 e. The van der Waals surface area contributed by atoms with E-state index in [0.29, 0.717) is 17.0 Å². The van der Waals surface area contributed by atoms with Gasteiger partial charge in [-0.2, -0.15) is 0 Å². The molecular formula is C7H13BrO. The molecule has 0 aromatic carbocycles. The first-order valence-corrected chi connectivity index (χ1v) is 4.39. The molecule has 1 aliphatic heterocycles. The van der Waals surface area contributed by atoms with E-state index >= 15 is 0 Å². The molecule has 0 spiro atoms. The Kier molecular flexibility index (Phi) is 2.53. The maximum Gasteiger partial charge on any atom is 0.0561 e. The van der Waals surface area contributed by atoms with Crippen LogP contribution in [0.1, 0.15) is 26.7 Å². The zero-order valence-corrected chi connectivity index (χ0v) is 7.52. The first kappa shape index (κ1) is 7.55. The second-order valence-corrected chi connectivity index (χ2v) is 4.12. The summed E-state index contributed by atoms with van der Waals surface area (Å²) < 4.78 is 5.53. The van der Waals surface area contributed by atoms with Gasteiger partial charge in [-0.3, -0.25) is 0 Å². The first-order chi connectivity index (χ1) is 4.18. The van der Waals surface area contributed by atoms with Crippen LogP contribution in [0.3, 0.4) is 0 Å². The van der Waals surface area contributed by atoms with E-state index in [0.717, 1.165) is 12.8 Å². The summed E-state index contributed by atoms with van der Waals surface area (Å²) in [6, 6.07) is 0. The van der Waals surface area contributed by atoms with Crippen LogP contribution in [0, 0.1) is 0 Å². The molecule has 0 bridgehead atoms. The molecule has 1 rings (SSSR count). The van der Waals surface area contributed by atoms with Gasteiger partial charge in [0.15, 0.2) is 0 Å². The second-order valence-electron chi connectivity index (χ2n) is 2.83. The van der Waals surface area contributed by atoms with Crippen LogP contribution in [0.4, 0.5) is 0 Å². The fourth-order valence-electron chi connectivity index (χ4n) is 1.32. The van der Waals surface area contributed by atoms with Gasteiger partial charge >= 0.3 is 0 Å². The molecule has 1 heterocycles. The van der Waals surface area contributed by atoms with Gasteiger partial charge in [0, 0.05) is 4.83 Å². The molecule has 0 N–H and O–H groups in total. The fourth-order valence-corrected chi connectivity index (χ4v) is 2.38. The van der Waals surface area contributed by atoms with Crippen molar-refractivity contribution >= 4 is 15.9 Å². The third-order valence-electron chi connectivity index (χ3n) is 1.64. The van der Waals surface area contributed by atoms with Gasteiger partial charge in [-0.05, 0) is 26.7 Å². The highest BCUT2D eigenvalue weighted by atomic mass is 79.9. The number of ether oxygens (including phenoxy) is 1. The van der Waals surface area contributed by atoms with Gasteiger partial charge in [0.25, 0.3) is 0 Å². The topological polar surface area (TPSA) is 9.23 Å². The fraction of sp³-hybridized carbons (Fsp3) is 1.00. The number of halogens is 1. The van der Waals surface area contributed by atoms with Gasteiger partial charge in [-0.25, -0.2) is 0 Å². The summed E-state index contributed by atoms with van der Waals surface area (Å²) in [5.74, 6) is 0. The highest BCUT2D eigenvalue weighted by molar-refractivity contribution is 9.09. The second kappa shape index (κ2) is 3.02. The molecule has 0 radical (unpaired) electrons. The van der Waals surface area contributed by atoms with Gasteiger partial charge in [-0.15, -0.1) is 0 Å². The molecule has 3 atom stereocenters. The van der Waals surface area contributed by atoms with E-state index in [-0.39, 0.29) is 0 Å². The lowest BCUT2D eigenvalue weighted by atomic mass is 10.1. The molecule has 54 valence electrons. The number of hydrogen-bond donors (Lipinski definition) is 0. The minimum atomic E-state index is 0.443. The van der Waals surface area contributed by atoms with Crippen molar-refractivity contribution < 1.29 is 4.74 Å². The number of hydrogen-bond acceptors (Lipinski definition) is 1. The molecule has 0 amide bonds.